The fourth-order valence-corrected chi connectivity index (χ4v) is 3.01. The summed E-state index contributed by atoms with van der Waals surface area (Å²) >= 11 is 13.0. The molecule has 1 aromatic carbocycles. The molecule has 0 spiro atoms. The molecule has 92 valence electrons. The molecule has 0 amide bonds. The average molecular weight is 494 g/mol. The van der Waals surface area contributed by atoms with Gasteiger partial charge >= 0.3 is 5.97 Å². The van der Waals surface area contributed by atoms with E-state index in [-0.39, 0.29) is 17.1 Å². The van der Waals surface area contributed by atoms with E-state index in [0.717, 1.165) is 0 Å². The highest BCUT2D eigenvalue weighted by Gasteiger charge is 2.22. The van der Waals surface area contributed by atoms with Gasteiger partial charge in [-0.3, -0.25) is 0 Å². The van der Waals surface area contributed by atoms with Crippen LogP contribution in [0.2, 0.25) is 0 Å². The van der Waals surface area contributed by atoms with Crippen LogP contribution in [0.5, 0.6) is 11.5 Å². The minimum Gasteiger partial charge on any atom is -0.503 e. The normalized spacial score (nSPS) is 10.2. The Balaban J connectivity index is 3.35. The van der Waals surface area contributed by atoms with Crippen LogP contribution in [0.1, 0.15) is 6.92 Å². The van der Waals surface area contributed by atoms with Gasteiger partial charge in [-0.05, 0) is 70.6 Å². The van der Waals surface area contributed by atoms with Crippen molar-refractivity contribution < 1.29 is 14.6 Å². The van der Waals surface area contributed by atoms with Crippen LogP contribution in [0, 0.1) is 0 Å². The molecule has 0 saturated carbocycles. The van der Waals surface area contributed by atoms with Crippen molar-refractivity contribution in [1.82, 2.24) is 0 Å². The molecule has 0 aliphatic rings. The molecule has 0 bridgehead atoms. The molecule has 0 atom stereocenters. The molecule has 0 fully saturated rings. The Bertz CT molecular complexity index is 482. The summed E-state index contributed by atoms with van der Waals surface area (Å²) in [5.74, 6) is -0.761. The van der Waals surface area contributed by atoms with E-state index in [1.54, 1.807) is 0 Å². The third-order valence-electron chi connectivity index (χ3n) is 1.74. The van der Waals surface area contributed by atoms with E-state index in [4.69, 9.17) is 4.74 Å². The first-order valence-corrected chi connectivity index (χ1v) is 7.37. The summed E-state index contributed by atoms with van der Waals surface area (Å²) in [6.07, 6.45) is 0. The van der Waals surface area contributed by atoms with Crippen LogP contribution in [0.15, 0.2) is 30.0 Å². The molecule has 0 aromatic heterocycles. The average Bonchev–Trinajstić information content (AvgIpc) is 2.29. The molecule has 0 heterocycles. The highest BCUT2D eigenvalue weighted by Crippen LogP contribution is 2.49. The molecule has 0 saturated heterocycles. The molecule has 0 aliphatic heterocycles. The van der Waals surface area contributed by atoms with Crippen LogP contribution in [0.3, 0.4) is 0 Å². The van der Waals surface area contributed by atoms with Gasteiger partial charge in [0.05, 0.1) is 17.9 Å². The minimum absolute atomic E-state index is 0.0277. The van der Waals surface area contributed by atoms with Crippen molar-refractivity contribution in [2.24, 2.45) is 0 Å². The first kappa shape index (κ1) is 15.2. The van der Waals surface area contributed by atoms with E-state index in [9.17, 15) is 9.90 Å². The van der Waals surface area contributed by atoms with Crippen LogP contribution in [-0.2, 0) is 4.79 Å². The summed E-state index contributed by atoms with van der Waals surface area (Å²) in [7, 11) is 0. The number of carbonyl (C=O) groups is 1. The predicted octanol–water partition coefficient (Wildman–Crippen LogP) is 4.92. The van der Waals surface area contributed by atoms with E-state index in [1.165, 1.54) is 6.92 Å². The molecular weight excluding hydrogens is 488 g/mol. The second kappa shape index (κ2) is 5.86. The molecule has 1 rings (SSSR count). The highest BCUT2D eigenvalue weighted by molar-refractivity contribution is 9.15. The summed E-state index contributed by atoms with van der Waals surface area (Å²) in [4.78, 5) is 11.4. The first-order chi connectivity index (χ1) is 7.77. The third-order valence-corrected chi connectivity index (χ3v) is 6.45. The molecule has 0 radical (unpaired) electrons. The van der Waals surface area contributed by atoms with Crippen LogP contribution in [0.25, 0.3) is 0 Å². The number of hydrogen-bond acceptors (Lipinski definition) is 3. The highest BCUT2D eigenvalue weighted by atomic mass is 79.9. The zero-order valence-corrected chi connectivity index (χ0v) is 14.8. The lowest BCUT2D eigenvalue weighted by atomic mass is 10.3. The fourth-order valence-electron chi connectivity index (χ4n) is 0.873. The number of halogens is 4. The Morgan fingerprint density at radius 1 is 1.12 bits per heavy atom. The maximum absolute atomic E-state index is 11.4. The second-order valence-electron chi connectivity index (χ2n) is 3.10. The van der Waals surface area contributed by atoms with E-state index >= 15 is 0 Å². The molecule has 17 heavy (non-hydrogen) atoms. The van der Waals surface area contributed by atoms with Crippen LogP contribution in [-0.4, -0.2) is 11.1 Å². The van der Waals surface area contributed by atoms with Crippen LogP contribution in [0.4, 0.5) is 0 Å². The van der Waals surface area contributed by atoms with E-state index in [2.05, 4.69) is 70.3 Å². The molecule has 0 aliphatic carbocycles. The topological polar surface area (TPSA) is 46.5 Å². The number of aromatic hydroxyl groups is 1. The number of phenolic OH excluding ortho intramolecular Hbond substituents is 1. The Labute approximate surface area is 132 Å². The lowest BCUT2D eigenvalue weighted by Crippen LogP contribution is -2.09. The van der Waals surface area contributed by atoms with Gasteiger partial charge in [0.15, 0.2) is 11.5 Å². The summed E-state index contributed by atoms with van der Waals surface area (Å²) in [6, 6.07) is 0. The molecular formula is C10H6Br4O3. The minimum atomic E-state index is -0.609. The van der Waals surface area contributed by atoms with Gasteiger partial charge in [-0.2, -0.15) is 0 Å². The van der Waals surface area contributed by atoms with Gasteiger partial charge in [-0.15, -0.1) is 0 Å². The molecule has 7 heteroatoms. The van der Waals surface area contributed by atoms with E-state index in [1.807, 2.05) is 0 Å². The van der Waals surface area contributed by atoms with Crippen molar-refractivity contribution in [1.29, 1.82) is 0 Å². The predicted molar refractivity (Wildman–Crippen MR) is 79.4 cm³/mol. The van der Waals surface area contributed by atoms with Crippen LogP contribution >= 0.6 is 63.7 Å². The van der Waals surface area contributed by atoms with E-state index in [0.29, 0.717) is 17.9 Å². The summed E-state index contributed by atoms with van der Waals surface area (Å²) in [5, 5.41) is 9.88. The Hall–Kier alpha value is 0.150. The maximum Gasteiger partial charge on any atom is 0.338 e. The molecule has 1 aromatic rings. The quantitative estimate of drug-likeness (QED) is 0.209. The maximum atomic E-state index is 11.4. The lowest BCUT2D eigenvalue weighted by Gasteiger charge is -2.12. The van der Waals surface area contributed by atoms with Gasteiger partial charge in [-0.1, -0.05) is 6.58 Å². The van der Waals surface area contributed by atoms with Gasteiger partial charge < -0.3 is 9.84 Å². The number of rotatable bonds is 2. The largest absolute Gasteiger partial charge is 0.503 e. The number of carbonyl (C=O) groups excluding carboxylic acids is 1. The molecule has 0 unspecified atom stereocenters. The zero-order chi connectivity index (χ0) is 13.3. The lowest BCUT2D eigenvalue weighted by molar-refractivity contribution is -0.130. The number of esters is 1. The number of benzene rings is 1. The number of phenols is 1. The standard InChI is InChI=1S/C10H6Br4O3/c1-3(2)10(16)17-9-7(14)5(12)4(11)6(13)8(9)15/h15H,1H2,2H3. The van der Waals surface area contributed by atoms with Gasteiger partial charge in [0.25, 0.3) is 0 Å². The molecule has 1 N–H and O–H groups in total. The summed E-state index contributed by atoms with van der Waals surface area (Å²) in [5.41, 5.74) is 0.242. The van der Waals surface area contributed by atoms with Gasteiger partial charge in [0.2, 0.25) is 0 Å². The number of hydrogen-bond donors (Lipinski definition) is 1. The fraction of sp³-hybridized carbons (Fsp3) is 0.100. The van der Waals surface area contributed by atoms with Crippen molar-refractivity contribution in [3.05, 3.63) is 30.0 Å². The molecule has 3 nitrogen and oxygen atoms in total. The summed E-state index contributed by atoms with van der Waals surface area (Å²) in [6.45, 7) is 4.99. The van der Waals surface area contributed by atoms with Gasteiger partial charge in [0, 0.05) is 5.57 Å². The first-order valence-electron chi connectivity index (χ1n) is 4.20. The Morgan fingerprint density at radius 2 is 1.59 bits per heavy atom. The van der Waals surface area contributed by atoms with E-state index < -0.39 is 5.97 Å². The van der Waals surface area contributed by atoms with Crippen molar-refractivity contribution >= 4 is 69.7 Å². The van der Waals surface area contributed by atoms with Gasteiger partial charge in [-0.25, -0.2) is 4.79 Å². The zero-order valence-electron chi connectivity index (χ0n) is 8.48. The Kier molecular flexibility index (Phi) is 5.24. The SMILES string of the molecule is C=C(C)C(=O)Oc1c(O)c(Br)c(Br)c(Br)c1Br. The van der Waals surface area contributed by atoms with Gasteiger partial charge in [0.1, 0.15) is 0 Å². The summed E-state index contributed by atoms with van der Waals surface area (Å²) < 4.78 is 7.08. The van der Waals surface area contributed by atoms with Crippen molar-refractivity contribution in [3.8, 4) is 11.5 Å². The smallest absolute Gasteiger partial charge is 0.338 e. The Morgan fingerprint density at radius 3 is 2.06 bits per heavy atom. The van der Waals surface area contributed by atoms with Crippen molar-refractivity contribution in [3.63, 3.8) is 0 Å². The van der Waals surface area contributed by atoms with Crippen LogP contribution < -0.4 is 4.74 Å². The second-order valence-corrected chi connectivity index (χ2v) is 6.28. The monoisotopic (exact) mass is 490 g/mol. The third kappa shape index (κ3) is 3.13. The number of ether oxygens (including phenoxy) is 1. The van der Waals surface area contributed by atoms with Crippen molar-refractivity contribution in [2.75, 3.05) is 0 Å². The van der Waals surface area contributed by atoms with Crippen molar-refractivity contribution in [2.45, 2.75) is 6.92 Å².